The molecule has 0 aromatic heterocycles. The van der Waals surface area contributed by atoms with Gasteiger partial charge in [-0.25, -0.2) is 0 Å². The summed E-state index contributed by atoms with van der Waals surface area (Å²) >= 11 is 5.79. The van der Waals surface area contributed by atoms with E-state index < -0.39 is 0 Å². The summed E-state index contributed by atoms with van der Waals surface area (Å²) in [6.07, 6.45) is 0.939. The monoisotopic (exact) mass is 319 g/mol. The highest BCUT2D eigenvalue weighted by Crippen LogP contribution is 2.19. The Hall–Kier alpha value is -2.20. The van der Waals surface area contributed by atoms with Crippen molar-refractivity contribution in [1.82, 2.24) is 0 Å². The molecule has 0 aliphatic heterocycles. The molecule has 5 heteroatoms. The Morgan fingerprint density at radius 2 is 1.77 bits per heavy atom. The highest BCUT2D eigenvalue weighted by molar-refractivity contribution is 6.30. The van der Waals surface area contributed by atoms with Crippen molar-refractivity contribution in [3.8, 4) is 11.5 Å². The second-order valence-electron chi connectivity index (χ2n) is 4.67. The fourth-order valence-corrected chi connectivity index (χ4v) is 1.88. The third-order valence-electron chi connectivity index (χ3n) is 2.78. The fraction of sp³-hybridized carbons (Fsp3) is 0.235. The summed E-state index contributed by atoms with van der Waals surface area (Å²) in [7, 11) is 0. The van der Waals surface area contributed by atoms with Gasteiger partial charge in [-0.1, -0.05) is 24.6 Å². The van der Waals surface area contributed by atoms with Gasteiger partial charge in [-0.15, -0.1) is 0 Å². The van der Waals surface area contributed by atoms with E-state index in [4.69, 9.17) is 21.1 Å². The Bertz CT molecular complexity index is 614. The van der Waals surface area contributed by atoms with E-state index in [0.29, 0.717) is 23.1 Å². The van der Waals surface area contributed by atoms with Crippen LogP contribution in [0.25, 0.3) is 0 Å². The van der Waals surface area contributed by atoms with E-state index in [2.05, 4.69) is 5.32 Å². The zero-order valence-electron chi connectivity index (χ0n) is 12.3. The summed E-state index contributed by atoms with van der Waals surface area (Å²) in [6.45, 7) is 2.63. The number of hydrogen-bond acceptors (Lipinski definition) is 3. The molecule has 0 fully saturated rings. The molecule has 1 N–H and O–H groups in total. The van der Waals surface area contributed by atoms with Gasteiger partial charge in [-0.3, -0.25) is 4.79 Å². The van der Waals surface area contributed by atoms with Gasteiger partial charge >= 0.3 is 0 Å². The van der Waals surface area contributed by atoms with Crippen LogP contribution < -0.4 is 14.8 Å². The summed E-state index contributed by atoms with van der Waals surface area (Å²) in [4.78, 5) is 11.8. The molecule has 0 atom stereocenters. The molecular weight excluding hydrogens is 302 g/mol. The van der Waals surface area contributed by atoms with Gasteiger partial charge in [-0.2, -0.15) is 0 Å². The Morgan fingerprint density at radius 1 is 1.09 bits per heavy atom. The quantitative estimate of drug-likeness (QED) is 0.834. The first-order chi connectivity index (χ1) is 10.7. The maximum absolute atomic E-state index is 11.8. The molecular formula is C17H18ClNO3. The summed E-state index contributed by atoms with van der Waals surface area (Å²) in [5.74, 6) is 1.10. The molecule has 0 heterocycles. The molecule has 0 aliphatic rings. The van der Waals surface area contributed by atoms with Crippen molar-refractivity contribution in [3.05, 3.63) is 53.6 Å². The number of hydrogen-bond donors (Lipinski definition) is 1. The lowest BCUT2D eigenvalue weighted by molar-refractivity contribution is -0.118. The van der Waals surface area contributed by atoms with E-state index in [1.165, 1.54) is 0 Å². The van der Waals surface area contributed by atoms with Crippen molar-refractivity contribution in [2.75, 3.05) is 18.5 Å². The van der Waals surface area contributed by atoms with Crippen LogP contribution in [0.15, 0.2) is 48.5 Å². The Labute approximate surface area is 135 Å². The van der Waals surface area contributed by atoms with E-state index in [1.54, 1.807) is 36.4 Å². The van der Waals surface area contributed by atoms with Crippen molar-refractivity contribution in [2.24, 2.45) is 0 Å². The van der Waals surface area contributed by atoms with E-state index in [-0.39, 0.29) is 12.5 Å². The molecule has 4 nitrogen and oxygen atoms in total. The lowest BCUT2D eigenvalue weighted by Gasteiger charge is -2.09. The normalized spacial score (nSPS) is 10.1. The maximum atomic E-state index is 11.8. The second kappa shape index (κ2) is 8.29. The van der Waals surface area contributed by atoms with Crippen LogP contribution in [-0.4, -0.2) is 19.1 Å². The number of amides is 1. The topological polar surface area (TPSA) is 47.6 Å². The lowest BCUT2D eigenvalue weighted by Crippen LogP contribution is -2.20. The Kier molecular flexibility index (Phi) is 6.10. The van der Waals surface area contributed by atoms with Crippen LogP contribution >= 0.6 is 11.6 Å². The van der Waals surface area contributed by atoms with Crippen LogP contribution in [0.1, 0.15) is 13.3 Å². The van der Waals surface area contributed by atoms with Gasteiger partial charge in [0.05, 0.1) is 6.61 Å². The molecule has 0 radical (unpaired) electrons. The molecule has 1 amide bonds. The van der Waals surface area contributed by atoms with Gasteiger partial charge in [-0.05, 0) is 42.8 Å². The van der Waals surface area contributed by atoms with Gasteiger partial charge in [0.2, 0.25) is 0 Å². The highest BCUT2D eigenvalue weighted by Gasteiger charge is 2.04. The fourth-order valence-electron chi connectivity index (χ4n) is 1.75. The summed E-state index contributed by atoms with van der Waals surface area (Å²) in [5, 5.41) is 3.36. The third kappa shape index (κ3) is 5.30. The number of anilines is 1. The van der Waals surface area contributed by atoms with Crippen LogP contribution in [0, 0.1) is 0 Å². The minimum Gasteiger partial charge on any atom is -0.493 e. The number of carbonyl (C=O) groups excluding carboxylic acids is 1. The molecule has 0 saturated carbocycles. The average molecular weight is 320 g/mol. The number of rotatable bonds is 7. The number of ether oxygens (including phenoxy) is 2. The molecule has 2 rings (SSSR count). The molecule has 22 heavy (non-hydrogen) atoms. The number of carbonyl (C=O) groups is 1. The maximum Gasteiger partial charge on any atom is 0.262 e. The zero-order valence-corrected chi connectivity index (χ0v) is 13.1. The van der Waals surface area contributed by atoms with E-state index >= 15 is 0 Å². The van der Waals surface area contributed by atoms with Crippen molar-refractivity contribution in [1.29, 1.82) is 0 Å². The second-order valence-corrected chi connectivity index (χ2v) is 5.10. The first-order valence-electron chi connectivity index (χ1n) is 7.08. The summed E-state index contributed by atoms with van der Waals surface area (Å²) in [6, 6.07) is 14.1. The van der Waals surface area contributed by atoms with Crippen molar-refractivity contribution in [3.63, 3.8) is 0 Å². The smallest absolute Gasteiger partial charge is 0.262 e. The largest absolute Gasteiger partial charge is 0.493 e. The van der Waals surface area contributed by atoms with Crippen molar-refractivity contribution in [2.45, 2.75) is 13.3 Å². The molecule has 0 saturated heterocycles. The third-order valence-corrected chi connectivity index (χ3v) is 3.03. The molecule has 2 aromatic rings. The molecule has 0 aliphatic carbocycles. The first kappa shape index (κ1) is 16.2. The van der Waals surface area contributed by atoms with Crippen molar-refractivity contribution >= 4 is 23.2 Å². The molecule has 0 spiro atoms. The van der Waals surface area contributed by atoms with E-state index in [1.807, 2.05) is 19.1 Å². The standard InChI is InChI=1S/C17H18ClNO3/c1-2-10-21-15-4-3-5-16(11-15)22-12-17(20)19-14-8-6-13(18)7-9-14/h3-9,11H,2,10,12H2,1H3,(H,19,20). The van der Waals surface area contributed by atoms with Crippen LogP contribution in [-0.2, 0) is 4.79 Å². The highest BCUT2D eigenvalue weighted by atomic mass is 35.5. The first-order valence-corrected chi connectivity index (χ1v) is 7.46. The van der Waals surface area contributed by atoms with Crippen LogP contribution in [0.3, 0.4) is 0 Å². The molecule has 2 aromatic carbocycles. The minimum absolute atomic E-state index is 0.0696. The number of benzene rings is 2. The van der Waals surface area contributed by atoms with Gasteiger partial charge < -0.3 is 14.8 Å². The van der Waals surface area contributed by atoms with Crippen LogP contribution in [0.4, 0.5) is 5.69 Å². The predicted octanol–water partition coefficient (Wildman–Crippen LogP) is 4.15. The van der Waals surface area contributed by atoms with Crippen LogP contribution in [0.2, 0.25) is 5.02 Å². The minimum atomic E-state index is -0.234. The van der Waals surface area contributed by atoms with Gasteiger partial charge in [0, 0.05) is 16.8 Å². The summed E-state index contributed by atoms with van der Waals surface area (Å²) in [5.41, 5.74) is 0.679. The summed E-state index contributed by atoms with van der Waals surface area (Å²) < 4.78 is 11.0. The van der Waals surface area contributed by atoms with E-state index in [9.17, 15) is 4.79 Å². The molecule has 0 unspecified atom stereocenters. The van der Waals surface area contributed by atoms with Crippen LogP contribution in [0.5, 0.6) is 11.5 Å². The zero-order chi connectivity index (χ0) is 15.8. The Balaban J connectivity index is 1.84. The van der Waals surface area contributed by atoms with Crippen molar-refractivity contribution < 1.29 is 14.3 Å². The van der Waals surface area contributed by atoms with Gasteiger partial charge in [0.1, 0.15) is 11.5 Å². The van der Waals surface area contributed by atoms with Gasteiger partial charge in [0.15, 0.2) is 6.61 Å². The molecule has 116 valence electrons. The Morgan fingerprint density at radius 3 is 2.45 bits per heavy atom. The lowest BCUT2D eigenvalue weighted by atomic mass is 10.3. The number of halogens is 1. The average Bonchev–Trinajstić information content (AvgIpc) is 2.53. The van der Waals surface area contributed by atoms with Gasteiger partial charge in [0.25, 0.3) is 5.91 Å². The van der Waals surface area contributed by atoms with E-state index in [0.717, 1.165) is 12.2 Å². The SMILES string of the molecule is CCCOc1cccc(OCC(=O)Nc2ccc(Cl)cc2)c1. The molecule has 0 bridgehead atoms. The predicted molar refractivity (Wildman–Crippen MR) is 87.8 cm³/mol. The number of nitrogens with one attached hydrogen (secondary N) is 1.